The molecule has 2 aromatic rings. The fourth-order valence-corrected chi connectivity index (χ4v) is 4.58. The van der Waals surface area contributed by atoms with E-state index in [-0.39, 0.29) is 29.9 Å². The molecule has 2 heterocycles. The number of hydrogen-bond acceptors (Lipinski definition) is 5. The number of piperidine rings is 1. The first kappa shape index (κ1) is 20.2. The zero-order chi connectivity index (χ0) is 20.9. The minimum atomic E-state index is -0.643. The molecule has 0 spiro atoms. The minimum absolute atomic E-state index is 0.139. The molecule has 0 bridgehead atoms. The molecule has 4 rings (SSSR count). The predicted octanol–water partition coefficient (Wildman–Crippen LogP) is 3.87. The van der Waals surface area contributed by atoms with Crippen LogP contribution in [-0.4, -0.2) is 41.9 Å². The normalized spacial score (nSPS) is 20.9. The van der Waals surface area contributed by atoms with Crippen molar-refractivity contribution in [2.24, 2.45) is 5.92 Å². The van der Waals surface area contributed by atoms with Gasteiger partial charge in [-0.1, -0.05) is 25.0 Å². The van der Waals surface area contributed by atoms with E-state index in [9.17, 15) is 14.4 Å². The molecule has 0 unspecified atom stereocenters. The summed E-state index contributed by atoms with van der Waals surface area (Å²) in [4.78, 5) is 39.6. The highest BCUT2D eigenvalue weighted by atomic mass is 16.5. The number of esters is 1. The Labute approximate surface area is 175 Å². The van der Waals surface area contributed by atoms with Gasteiger partial charge in [-0.2, -0.15) is 0 Å². The first-order chi connectivity index (χ1) is 14.6. The van der Waals surface area contributed by atoms with Crippen LogP contribution in [0.15, 0.2) is 47.1 Å². The maximum absolute atomic E-state index is 12.8. The highest BCUT2D eigenvalue weighted by Gasteiger charge is 2.35. The number of carbonyl (C=O) groups excluding carboxylic acids is 3. The molecular weight excluding hydrogens is 384 g/mol. The van der Waals surface area contributed by atoms with Crippen LogP contribution in [0.1, 0.15) is 59.4 Å². The van der Waals surface area contributed by atoms with Crippen molar-refractivity contribution in [3.8, 4) is 0 Å². The second-order valence-corrected chi connectivity index (χ2v) is 7.89. The molecule has 1 aromatic carbocycles. The fraction of sp³-hybridized carbons (Fsp3) is 0.435. The number of ether oxygens (including phenoxy) is 1. The summed E-state index contributed by atoms with van der Waals surface area (Å²) in [7, 11) is 0. The molecule has 30 heavy (non-hydrogen) atoms. The molecule has 2 aliphatic rings. The third-order valence-electron chi connectivity index (χ3n) is 6.03. The summed E-state index contributed by atoms with van der Waals surface area (Å²) < 4.78 is 10.4. The molecule has 1 aromatic heterocycles. The van der Waals surface area contributed by atoms with Gasteiger partial charge in [0, 0.05) is 12.6 Å². The van der Waals surface area contributed by atoms with Gasteiger partial charge in [0.15, 0.2) is 12.4 Å². The van der Waals surface area contributed by atoms with Crippen LogP contribution in [0.4, 0.5) is 5.69 Å². The van der Waals surface area contributed by atoms with Gasteiger partial charge in [0.25, 0.3) is 11.8 Å². The molecule has 1 aliphatic heterocycles. The van der Waals surface area contributed by atoms with E-state index in [1.54, 1.807) is 30.3 Å². The van der Waals surface area contributed by atoms with Crippen LogP contribution in [0, 0.1) is 5.92 Å². The van der Waals surface area contributed by atoms with Gasteiger partial charge in [-0.15, -0.1) is 0 Å². The number of amides is 2. The first-order valence-electron chi connectivity index (χ1n) is 10.5. The number of carbonyl (C=O) groups is 3. The average molecular weight is 410 g/mol. The van der Waals surface area contributed by atoms with E-state index in [1.165, 1.54) is 31.6 Å². The van der Waals surface area contributed by atoms with Gasteiger partial charge < -0.3 is 19.4 Å². The zero-order valence-electron chi connectivity index (χ0n) is 16.8. The van der Waals surface area contributed by atoms with Crippen LogP contribution in [0.25, 0.3) is 0 Å². The Morgan fingerprint density at radius 2 is 1.83 bits per heavy atom. The number of rotatable bonds is 5. The quantitative estimate of drug-likeness (QED) is 0.756. The molecule has 1 saturated carbocycles. The molecular formula is C23H26N2O5. The molecule has 1 saturated heterocycles. The van der Waals surface area contributed by atoms with E-state index in [1.807, 2.05) is 4.90 Å². The number of likely N-dealkylation sites (tertiary alicyclic amines) is 1. The highest BCUT2D eigenvalue weighted by Crippen LogP contribution is 2.35. The van der Waals surface area contributed by atoms with Gasteiger partial charge in [0.1, 0.15) is 0 Å². The highest BCUT2D eigenvalue weighted by molar-refractivity contribution is 6.06. The molecule has 7 heteroatoms. The topological polar surface area (TPSA) is 88.8 Å². The van der Waals surface area contributed by atoms with Crippen molar-refractivity contribution < 1.29 is 23.5 Å². The van der Waals surface area contributed by atoms with Gasteiger partial charge in [-0.3, -0.25) is 9.59 Å². The molecule has 0 radical (unpaired) electrons. The Kier molecular flexibility index (Phi) is 6.16. The van der Waals surface area contributed by atoms with Crippen molar-refractivity contribution in [1.29, 1.82) is 0 Å². The Bertz CT molecular complexity index is 906. The van der Waals surface area contributed by atoms with Crippen LogP contribution in [0.3, 0.4) is 0 Å². The maximum Gasteiger partial charge on any atom is 0.340 e. The smallest absolute Gasteiger partial charge is 0.340 e. The lowest BCUT2D eigenvalue weighted by Gasteiger charge is -2.44. The van der Waals surface area contributed by atoms with Gasteiger partial charge in [0.2, 0.25) is 0 Å². The van der Waals surface area contributed by atoms with Gasteiger partial charge in [0.05, 0.1) is 17.5 Å². The Balaban J connectivity index is 1.38. The largest absolute Gasteiger partial charge is 0.459 e. The van der Waals surface area contributed by atoms with Crippen molar-refractivity contribution in [3.05, 3.63) is 54.0 Å². The van der Waals surface area contributed by atoms with E-state index in [0.29, 0.717) is 11.6 Å². The standard InChI is InChI=1S/C23H26N2O5/c26-21(25-13-5-8-16-7-1-4-11-19(16)25)15-30-23(28)17-9-2-3-10-18(17)24-22(27)20-12-6-14-29-20/h2-3,6,9-10,12,14,16,19H,1,4-5,7-8,11,13,15H2,(H,24,27)/t16-,19+/m0/s1. The van der Waals surface area contributed by atoms with Crippen molar-refractivity contribution in [2.75, 3.05) is 18.5 Å². The second-order valence-electron chi connectivity index (χ2n) is 7.89. The number of benzene rings is 1. The summed E-state index contributed by atoms with van der Waals surface area (Å²) in [5.41, 5.74) is 0.501. The third kappa shape index (κ3) is 4.40. The van der Waals surface area contributed by atoms with E-state index in [4.69, 9.17) is 9.15 Å². The van der Waals surface area contributed by atoms with Gasteiger partial charge >= 0.3 is 5.97 Å². The van der Waals surface area contributed by atoms with Crippen molar-refractivity contribution in [1.82, 2.24) is 4.90 Å². The monoisotopic (exact) mass is 410 g/mol. The van der Waals surface area contributed by atoms with Crippen LogP contribution in [0.2, 0.25) is 0 Å². The molecule has 2 fully saturated rings. The van der Waals surface area contributed by atoms with Gasteiger partial charge in [-0.05, 0) is 55.9 Å². The molecule has 2 atom stereocenters. The summed E-state index contributed by atoms with van der Waals surface area (Å²) in [6.45, 7) is 0.440. The van der Waals surface area contributed by atoms with Crippen LogP contribution in [0.5, 0.6) is 0 Å². The molecule has 158 valence electrons. The lowest BCUT2D eigenvalue weighted by molar-refractivity contribution is -0.140. The molecule has 1 aliphatic carbocycles. The zero-order valence-corrected chi connectivity index (χ0v) is 16.8. The Morgan fingerprint density at radius 1 is 1.03 bits per heavy atom. The average Bonchev–Trinajstić information content (AvgIpc) is 3.32. The van der Waals surface area contributed by atoms with E-state index >= 15 is 0 Å². The van der Waals surface area contributed by atoms with Gasteiger partial charge in [-0.25, -0.2) is 4.79 Å². The lowest BCUT2D eigenvalue weighted by Crippen LogP contribution is -2.50. The summed E-state index contributed by atoms with van der Waals surface area (Å²) in [6.07, 6.45) is 8.17. The summed E-state index contributed by atoms with van der Waals surface area (Å²) in [5, 5.41) is 2.65. The molecule has 7 nitrogen and oxygen atoms in total. The molecule has 1 N–H and O–H groups in total. The minimum Gasteiger partial charge on any atom is -0.459 e. The Morgan fingerprint density at radius 3 is 2.67 bits per heavy atom. The predicted molar refractivity (Wildman–Crippen MR) is 110 cm³/mol. The third-order valence-corrected chi connectivity index (χ3v) is 6.03. The summed E-state index contributed by atoms with van der Waals surface area (Å²) in [6, 6.07) is 9.97. The number of fused-ring (bicyclic) bond motifs is 1. The Hall–Kier alpha value is -3.09. The van der Waals surface area contributed by atoms with E-state index in [0.717, 1.165) is 25.8 Å². The van der Waals surface area contributed by atoms with Crippen molar-refractivity contribution in [2.45, 2.75) is 44.6 Å². The van der Waals surface area contributed by atoms with E-state index in [2.05, 4.69) is 5.32 Å². The molecule has 2 amide bonds. The number of para-hydroxylation sites is 1. The van der Waals surface area contributed by atoms with E-state index < -0.39 is 11.9 Å². The first-order valence-corrected chi connectivity index (χ1v) is 10.5. The second kappa shape index (κ2) is 9.15. The van der Waals surface area contributed by atoms with Crippen LogP contribution in [-0.2, 0) is 9.53 Å². The number of nitrogens with zero attached hydrogens (tertiary/aromatic N) is 1. The maximum atomic E-state index is 12.8. The van der Waals surface area contributed by atoms with Crippen LogP contribution < -0.4 is 5.32 Å². The lowest BCUT2D eigenvalue weighted by atomic mass is 9.78. The van der Waals surface area contributed by atoms with Crippen LogP contribution >= 0.6 is 0 Å². The SMILES string of the molecule is O=C(Nc1ccccc1C(=O)OCC(=O)N1CCC[C@@H]2CCCC[C@H]21)c1ccco1. The number of furan rings is 1. The van der Waals surface area contributed by atoms with Crippen molar-refractivity contribution >= 4 is 23.5 Å². The summed E-state index contributed by atoms with van der Waals surface area (Å²) in [5.74, 6) is -0.536. The number of anilines is 1. The number of nitrogens with one attached hydrogen (secondary N) is 1. The summed E-state index contributed by atoms with van der Waals surface area (Å²) >= 11 is 0. The fourth-order valence-electron chi connectivity index (χ4n) is 4.58. The number of hydrogen-bond donors (Lipinski definition) is 1. The van der Waals surface area contributed by atoms with Crippen molar-refractivity contribution in [3.63, 3.8) is 0 Å².